The van der Waals surface area contributed by atoms with Crippen LogP contribution in [-0.4, -0.2) is 47.7 Å². The van der Waals surface area contributed by atoms with Crippen molar-refractivity contribution in [2.45, 2.75) is 26.4 Å². The van der Waals surface area contributed by atoms with Gasteiger partial charge in [-0.1, -0.05) is 0 Å². The molecular formula is C13H17NO4S. The van der Waals surface area contributed by atoms with Gasteiger partial charge < -0.3 is 14.7 Å². The predicted molar refractivity (Wildman–Crippen MR) is 71.7 cm³/mol. The molecule has 1 saturated heterocycles. The normalized spacial score (nSPS) is 19.5. The van der Waals surface area contributed by atoms with Crippen molar-refractivity contribution in [2.75, 3.05) is 19.7 Å². The van der Waals surface area contributed by atoms with Gasteiger partial charge in [0.2, 0.25) is 0 Å². The number of nitrogens with zero attached hydrogens (tertiary/aromatic N) is 1. The Hall–Kier alpha value is -1.40. The molecule has 2 heterocycles. The Morgan fingerprint density at radius 3 is 2.84 bits per heavy atom. The smallest absolute Gasteiger partial charge is 0.306 e. The monoisotopic (exact) mass is 283 g/mol. The van der Waals surface area contributed by atoms with Gasteiger partial charge in [-0.15, -0.1) is 11.3 Å². The van der Waals surface area contributed by atoms with Crippen LogP contribution in [0.1, 0.15) is 26.5 Å². The molecule has 1 aliphatic heterocycles. The molecule has 1 aliphatic rings. The summed E-state index contributed by atoms with van der Waals surface area (Å²) in [4.78, 5) is 26.5. The van der Waals surface area contributed by atoms with Gasteiger partial charge in [-0.05, 0) is 25.5 Å². The number of aryl methyl sites for hydroxylation is 2. The molecule has 1 aromatic rings. The van der Waals surface area contributed by atoms with Crippen molar-refractivity contribution in [1.29, 1.82) is 0 Å². The van der Waals surface area contributed by atoms with Crippen molar-refractivity contribution >= 4 is 23.2 Å². The van der Waals surface area contributed by atoms with Crippen molar-refractivity contribution in [3.05, 3.63) is 21.4 Å². The molecule has 1 fully saturated rings. The van der Waals surface area contributed by atoms with Crippen molar-refractivity contribution in [3.63, 3.8) is 0 Å². The van der Waals surface area contributed by atoms with Crippen LogP contribution in [0.25, 0.3) is 0 Å². The topological polar surface area (TPSA) is 66.8 Å². The average molecular weight is 283 g/mol. The molecule has 0 aliphatic carbocycles. The molecule has 2 rings (SSSR count). The number of morpholine rings is 1. The summed E-state index contributed by atoms with van der Waals surface area (Å²) in [5.41, 5.74) is 1.11. The maximum Gasteiger partial charge on any atom is 0.306 e. The number of carboxylic acids is 1. The molecule has 0 saturated carbocycles. The molecule has 6 heteroatoms. The maximum absolute atomic E-state index is 12.3. The molecule has 1 aromatic heterocycles. The average Bonchev–Trinajstić information content (AvgIpc) is 2.68. The minimum atomic E-state index is -0.901. The van der Waals surface area contributed by atoms with Gasteiger partial charge in [0.15, 0.2) is 0 Å². The second-order valence-corrected chi connectivity index (χ2v) is 5.95. The second-order valence-electron chi connectivity index (χ2n) is 4.69. The summed E-state index contributed by atoms with van der Waals surface area (Å²) in [5, 5.41) is 8.77. The number of carbonyl (C=O) groups is 2. The Morgan fingerprint density at radius 1 is 1.53 bits per heavy atom. The van der Waals surface area contributed by atoms with E-state index in [1.165, 1.54) is 11.3 Å². The van der Waals surface area contributed by atoms with Gasteiger partial charge in [-0.2, -0.15) is 0 Å². The fourth-order valence-corrected chi connectivity index (χ4v) is 3.06. The minimum Gasteiger partial charge on any atom is -0.481 e. The highest BCUT2D eigenvalue weighted by atomic mass is 32.1. The van der Waals surface area contributed by atoms with Crippen LogP contribution < -0.4 is 0 Å². The first-order chi connectivity index (χ1) is 8.97. The number of thiophene rings is 1. The third-order valence-corrected chi connectivity index (χ3v) is 4.35. The lowest BCUT2D eigenvalue weighted by atomic mass is 10.2. The molecule has 104 valence electrons. The lowest BCUT2D eigenvalue weighted by Gasteiger charge is -2.32. The summed E-state index contributed by atoms with van der Waals surface area (Å²) in [6.07, 6.45) is -0.468. The Morgan fingerprint density at radius 2 is 2.26 bits per heavy atom. The lowest BCUT2D eigenvalue weighted by molar-refractivity contribution is -0.141. The van der Waals surface area contributed by atoms with Crippen LogP contribution in [0.15, 0.2) is 6.07 Å². The quantitative estimate of drug-likeness (QED) is 0.916. The predicted octanol–water partition coefficient (Wildman–Crippen LogP) is 1.68. The first-order valence-corrected chi connectivity index (χ1v) is 6.98. The first-order valence-electron chi connectivity index (χ1n) is 6.17. The van der Waals surface area contributed by atoms with Crippen LogP contribution in [0, 0.1) is 13.8 Å². The summed E-state index contributed by atoms with van der Waals surface area (Å²) in [6.45, 7) is 5.23. The molecule has 0 aromatic carbocycles. The number of ether oxygens (including phenoxy) is 1. The van der Waals surface area contributed by atoms with Crippen LogP contribution in [0.2, 0.25) is 0 Å². The fourth-order valence-electron chi connectivity index (χ4n) is 2.06. The van der Waals surface area contributed by atoms with Crippen LogP contribution in [-0.2, 0) is 9.53 Å². The van der Waals surface area contributed by atoms with Crippen molar-refractivity contribution in [2.24, 2.45) is 0 Å². The third kappa shape index (κ3) is 3.33. The van der Waals surface area contributed by atoms with Crippen molar-refractivity contribution in [3.8, 4) is 0 Å². The number of carboxylic acid groups (broad SMARTS) is 1. The van der Waals surface area contributed by atoms with Gasteiger partial charge in [0.1, 0.15) is 0 Å². The number of rotatable bonds is 3. The second kappa shape index (κ2) is 5.71. The lowest BCUT2D eigenvalue weighted by Crippen LogP contribution is -2.46. The number of carbonyl (C=O) groups excluding carboxylic acids is 1. The molecule has 0 unspecified atom stereocenters. The number of hydrogen-bond donors (Lipinski definition) is 1. The van der Waals surface area contributed by atoms with Gasteiger partial charge in [-0.3, -0.25) is 9.59 Å². The van der Waals surface area contributed by atoms with E-state index in [0.717, 1.165) is 10.4 Å². The van der Waals surface area contributed by atoms with Crippen LogP contribution in [0.3, 0.4) is 0 Å². The Labute approximate surface area is 115 Å². The van der Waals surface area contributed by atoms with E-state index >= 15 is 0 Å². The van der Waals surface area contributed by atoms with Gasteiger partial charge in [0.25, 0.3) is 5.91 Å². The molecule has 19 heavy (non-hydrogen) atoms. The van der Waals surface area contributed by atoms with E-state index in [9.17, 15) is 9.59 Å². The zero-order chi connectivity index (χ0) is 14.0. The molecule has 1 atom stereocenters. The highest BCUT2D eigenvalue weighted by Gasteiger charge is 2.27. The van der Waals surface area contributed by atoms with E-state index in [0.29, 0.717) is 24.6 Å². The summed E-state index contributed by atoms with van der Waals surface area (Å²) >= 11 is 1.48. The van der Waals surface area contributed by atoms with Crippen LogP contribution in [0.5, 0.6) is 0 Å². The Balaban J connectivity index is 2.04. The SMILES string of the molecule is Cc1cc(C(=O)N2CCO[C@@H](CC(=O)O)C2)sc1C. The van der Waals surface area contributed by atoms with Crippen LogP contribution in [0.4, 0.5) is 0 Å². The minimum absolute atomic E-state index is 0.0279. The Kier molecular flexibility index (Phi) is 4.21. The molecule has 1 amide bonds. The summed E-state index contributed by atoms with van der Waals surface area (Å²) < 4.78 is 5.36. The number of aliphatic carboxylic acids is 1. The highest BCUT2D eigenvalue weighted by Crippen LogP contribution is 2.23. The first kappa shape index (κ1) is 14.0. The van der Waals surface area contributed by atoms with E-state index < -0.39 is 12.1 Å². The standard InChI is InChI=1S/C13H17NO4S/c1-8-5-11(19-9(8)2)13(17)14-3-4-18-10(7-14)6-12(15)16/h5,10H,3-4,6-7H2,1-2H3,(H,15,16)/t10-/m0/s1. The Bertz CT molecular complexity index is 477. The number of hydrogen-bond acceptors (Lipinski definition) is 4. The third-order valence-electron chi connectivity index (χ3n) is 3.21. The van der Waals surface area contributed by atoms with Crippen LogP contribution >= 0.6 is 11.3 Å². The van der Waals surface area contributed by atoms with Gasteiger partial charge in [0.05, 0.1) is 24.0 Å². The molecule has 5 nitrogen and oxygen atoms in total. The zero-order valence-electron chi connectivity index (χ0n) is 11.0. The van der Waals surface area contributed by atoms with Gasteiger partial charge in [-0.25, -0.2) is 0 Å². The molecule has 0 radical (unpaired) electrons. The zero-order valence-corrected chi connectivity index (χ0v) is 11.8. The largest absolute Gasteiger partial charge is 0.481 e. The fraction of sp³-hybridized carbons (Fsp3) is 0.538. The van der Waals surface area contributed by atoms with E-state index in [1.807, 2.05) is 19.9 Å². The summed E-state index contributed by atoms with van der Waals surface area (Å²) in [5.74, 6) is -0.929. The summed E-state index contributed by atoms with van der Waals surface area (Å²) in [6, 6.07) is 1.89. The number of amides is 1. The van der Waals surface area contributed by atoms with Gasteiger partial charge in [0, 0.05) is 18.0 Å². The maximum atomic E-state index is 12.3. The van der Waals surface area contributed by atoms with Crippen molar-refractivity contribution < 1.29 is 19.4 Å². The van der Waals surface area contributed by atoms with Gasteiger partial charge >= 0.3 is 5.97 Å². The van der Waals surface area contributed by atoms with E-state index in [2.05, 4.69) is 0 Å². The summed E-state index contributed by atoms with van der Waals surface area (Å²) in [7, 11) is 0. The molecule has 0 bridgehead atoms. The highest BCUT2D eigenvalue weighted by molar-refractivity contribution is 7.14. The van der Waals surface area contributed by atoms with E-state index in [-0.39, 0.29) is 12.3 Å². The molecule has 0 spiro atoms. The molecule has 1 N–H and O–H groups in total. The van der Waals surface area contributed by atoms with E-state index in [4.69, 9.17) is 9.84 Å². The van der Waals surface area contributed by atoms with Crippen molar-refractivity contribution in [1.82, 2.24) is 4.90 Å². The van der Waals surface area contributed by atoms with E-state index in [1.54, 1.807) is 4.90 Å². The molecular weight excluding hydrogens is 266 g/mol.